The maximum Gasteiger partial charge on any atom is 0.326 e. The first-order chi connectivity index (χ1) is 19.4. The van der Waals surface area contributed by atoms with Crippen molar-refractivity contribution in [3.63, 3.8) is 0 Å². The molecule has 3 aromatic carbocycles. The maximum absolute atomic E-state index is 12.6. The van der Waals surface area contributed by atoms with Gasteiger partial charge in [-0.15, -0.1) is 0 Å². The van der Waals surface area contributed by atoms with Gasteiger partial charge >= 0.3 is 5.97 Å². The first-order valence-electron chi connectivity index (χ1n) is 12.1. The fourth-order valence-electron chi connectivity index (χ4n) is 3.90. The van der Waals surface area contributed by atoms with E-state index in [9.17, 15) is 14.7 Å². The van der Waals surface area contributed by atoms with E-state index in [1.54, 1.807) is 48.5 Å². The molecule has 5 aromatic rings. The van der Waals surface area contributed by atoms with Crippen molar-refractivity contribution < 1.29 is 19.4 Å². The average Bonchev–Trinajstić information content (AvgIpc) is 2.94. The lowest BCUT2D eigenvalue weighted by Gasteiger charge is -2.18. The molecule has 0 aliphatic heterocycles. The topological polar surface area (TPSA) is 126 Å². The van der Waals surface area contributed by atoms with Gasteiger partial charge in [-0.1, -0.05) is 65.7 Å². The number of anilines is 2. The molecule has 2 aromatic heterocycles. The molecule has 0 aliphatic carbocycles. The number of nitrogens with one attached hydrogen (secondary N) is 2. The highest BCUT2D eigenvalue weighted by Crippen LogP contribution is 2.29. The van der Waals surface area contributed by atoms with Crippen LogP contribution in [0.2, 0.25) is 10.0 Å². The molecule has 0 bridgehead atoms. The number of aliphatic carboxylic acids is 1. The molecule has 200 valence electrons. The lowest BCUT2D eigenvalue weighted by Crippen LogP contribution is -2.32. The summed E-state index contributed by atoms with van der Waals surface area (Å²) in [6.07, 6.45) is 2.78. The van der Waals surface area contributed by atoms with Crippen molar-refractivity contribution in [1.82, 2.24) is 15.0 Å². The second-order valence-electron chi connectivity index (χ2n) is 8.65. The van der Waals surface area contributed by atoms with Gasteiger partial charge in [-0.05, 0) is 42.0 Å². The maximum atomic E-state index is 12.6. The van der Waals surface area contributed by atoms with Gasteiger partial charge in [0, 0.05) is 24.5 Å². The van der Waals surface area contributed by atoms with E-state index in [2.05, 4.69) is 25.6 Å². The SMILES string of the molecule is O=C(Nc1ccc(C[C@H](Nc2nc3ccccc3nc2Oc2ccccc2)C(=O)O)cc1)c1c(Cl)cncc1Cl. The van der Waals surface area contributed by atoms with Gasteiger partial charge in [-0.2, -0.15) is 0 Å². The molecule has 2 heterocycles. The molecule has 0 aliphatic rings. The van der Waals surface area contributed by atoms with Gasteiger partial charge < -0.3 is 20.5 Å². The molecule has 11 heteroatoms. The minimum absolute atomic E-state index is 0.113. The predicted octanol–water partition coefficient (Wildman–Crippen LogP) is 6.48. The van der Waals surface area contributed by atoms with Crippen LogP contribution in [0.3, 0.4) is 0 Å². The summed E-state index contributed by atoms with van der Waals surface area (Å²) in [7, 11) is 0. The van der Waals surface area contributed by atoms with Crippen molar-refractivity contribution in [2.75, 3.05) is 10.6 Å². The minimum atomic E-state index is -1.08. The molecule has 0 saturated heterocycles. The van der Waals surface area contributed by atoms with Gasteiger partial charge in [0.25, 0.3) is 11.8 Å². The van der Waals surface area contributed by atoms with Crippen LogP contribution >= 0.6 is 23.2 Å². The van der Waals surface area contributed by atoms with Crippen LogP contribution in [0.5, 0.6) is 11.6 Å². The number of para-hydroxylation sites is 3. The largest absolute Gasteiger partial charge is 0.480 e. The molecule has 0 radical (unpaired) electrons. The Bertz CT molecular complexity index is 1660. The van der Waals surface area contributed by atoms with Crippen LogP contribution in [0.4, 0.5) is 11.5 Å². The van der Waals surface area contributed by atoms with Crippen LogP contribution in [0, 0.1) is 0 Å². The van der Waals surface area contributed by atoms with Crippen molar-refractivity contribution in [1.29, 1.82) is 0 Å². The number of hydrogen-bond donors (Lipinski definition) is 3. The van der Waals surface area contributed by atoms with E-state index in [1.165, 1.54) is 12.4 Å². The van der Waals surface area contributed by atoms with E-state index >= 15 is 0 Å². The molecule has 0 spiro atoms. The molecule has 0 fully saturated rings. The van der Waals surface area contributed by atoms with Crippen molar-refractivity contribution >= 4 is 57.6 Å². The zero-order valence-corrected chi connectivity index (χ0v) is 22.2. The molecule has 0 unspecified atom stereocenters. The third-order valence-electron chi connectivity index (χ3n) is 5.84. The molecular weight excluding hydrogens is 553 g/mol. The molecule has 40 heavy (non-hydrogen) atoms. The van der Waals surface area contributed by atoms with E-state index in [1.807, 2.05) is 30.3 Å². The second kappa shape index (κ2) is 12.0. The summed E-state index contributed by atoms with van der Waals surface area (Å²) >= 11 is 12.1. The lowest BCUT2D eigenvalue weighted by molar-refractivity contribution is -0.137. The number of aromatic nitrogens is 3. The number of rotatable bonds is 9. The number of halogens is 2. The van der Waals surface area contributed by atoms with Gasteiger partial charge in [0.1, 0.15) is 11.8 Å². The Morgan fingerprint density at radius 1 is 0.850 bits per heavy atom. The second-order valence-corrected chi connectivity index (χ2v) is 9.46. The van der Waals surface area contributed by atoms with Gasteiger partial charge in [0.15, 0.2) is 5.82 Å². The highest BCUT2D eigenvalue weighted by molar-refractivity contribution is 6.40. The molecule has 5 rings (SSSR count). The first kappa shape index (κ1) is 26.9. The van der Waals surface area contributed by atoms with Crippen LogP contribution in [0.25, 0.3) is 11.0 Å². The monoisotopic (exact) mass is 573 g/mol. The Balaban J connectivity index is 1.35. The number of hydrogen-bond acceptors (Lipinski definition) is 7. The highest BCUT2D eigenvalue weighted by Gasteiger charge is 2.22. The summed E-state index contributed by atoms with van der Waals surface area (Å²) in [4.78, 5) is 37.9. The number of carbonyl (C=O) groups excluding carboxylic acids is 1. The standard InChI is InChI=1S/C29H21Cl2N5O4/c30-20-15-32-16-21(31)25(20)27(37)33-18-12-10-17(11-13-18)14-24(29(38)39)35-26-28(40-19-6-2-1-3-7-19)36-23-9-5-4-8-22(23)34-26/h1-13,15-16,24H,14H2,(H,33,37)(H,34,35)(H,38,39)/t24-/m0/s1. The molecule has 9 nitrogen and oxygen atoms in total. The number of carboxylic acids is 1. The Labute approximate surface area is 238 Å². The number of ether oxygens (including phenoxy) is 1. The first-order valence-corrected chi connectivity index (χ1v) is 12.8. The number of nitrogens with zero attached hydrogens (tertiary/aromatic N) is 3. The number of benzene rings is 3. The van der Waals surface area contributed by atoms with Crippen LogP contribution < -0.4 is 15.4 Å². The van der Waals surface area contributed by atoms with Gasteiger partial charge in [-0.25, -0.2) is 14.8 Å². The summed E-state index contributed by atoms with van der Waals surface area (Å²) in [6.45, 7) is 0. The summed E-state index contributed by atoms with van der Waals surface area (Å²) in [6, 6.07) is 22.0. The summed E-state index contributed by atoms with van der Waals surface area (Å²) in [5.74, 6) is -0.683. The molecule has 1 atom stereocenters. The fourth-order valence-corrected chi connectivity index (χ4v) is 4.43. The summed E-state index contributed by atoms with van der Waals surface area (Å²) in [5.41, 5.74) is 2.50. The quantitative estimate of drug-likeness (QED) is 0.183. The van der Waals surface area contributed by atoms with Crippen molar-refractivity contribution in [2.45, 2.75) is 12.5 Å². The van der Waals surface area contributed by atoms with Gasteiger partial charge in [0.2, 0.25) is 0 Å². The van der Waals surface area contributed by atoms with Crippen LogP contribution in [0.1, 0.15) is 15.9 Å². The third-order valence-corrected chi connectivity index (χ3v) is 6.41. The van der Waals surface area contributed by atoms with Crippen LogP contribution in [0.15, 0.2) is 91.3 Å². The minimum Gasteiger partial charge on any atom is -0.480 e. The predicted molar refractivity (Wildman–Crippen MR) is 153 cm³/mol. The zero-order valence-electron chi connectivity index (χ0n) is 20.7. The molecule has 0 saturated carbocycles. The van der Waals surface area contributed by atoms with Gasteiger partial charge in [-0.3, -0.25) is 9.78 Å². The number of pyridine rings is 1. The summed E-state index contributed by atoms with van der Waals surface area (Å²) < 4.78 is 5.96. The highest BCUT2D eigenvalue weighted by atomic mass is 35.5. The number of fused-ring (bicyclic) bond motifs is 1. The molecule has 3 N–H and O–H groups in total. The number of carbonyl (C=O) groups is 2. The smallest absolute Gasteiger partial charge is 0.326 e. The van der Waals surface area contributed by atoms with Crippen molar-refractivity contribution in [2.24, 2.45) is 0 Å². The molecule has 1 amide bonds. The Kier molecular flexibility index (Phi) is 8.04. The normalized spacial score (nSPS) is 11.6. The van der Waals surface area contributed by atoms with E-state index in [4.69, 9.17) is 27.9 Å². The van der Waals surface area contributed by atoms with Crippen molar-refractivity contribution in [3.8, 4) is 11.6 Å². The fraction of sp³-hybridized carbons (Fsp3) is 0.0690. The van der Waals surface area contributed by atoms with Gasteiger partial charge in [0.05, 0.1) is 26.6 Å². The summed E-state index contributed by atoms with van der Waals surface area (Å²) in [5, 5.41) is 16.0. The zero-order chi connectivity index (χ0) is 28.1. The Hall–Kier alpha value is -4.73. The average molecular weight is 574 g/mol. The Morgan fingerprint density at radius 2 is 1.48 bits per heavy atom. The van der Waals surface area contributed by atoms with E-state index in [0.29, 0.717) is 28.0 Å². The van der Waals surface area contributed by atoms with Crippen LogP contribution in [-0.2, 0) is 11.2 Å². The third kappa shape index (κ3) is 6.28. The number of carboxylic acid groups (broad SMARTS) is 1. The lowest BCUT2D eigenvalue weighted by atomic mass is 10.1. The van der Waals surface area contributed by atoms with Crippen LogP contribution in [-0.4, -0.2) is 38.0 Å². The molecular formula is C29H21Cl2N5O4. The van der Waals surface area contributed by atoms with E-state index < -0.39 is 17.9 Å². The van der Waals surface area contributed by atoms with E-state index in [0.717, 1.165) is 0 Å². The van der Waals surface area contributed by atoms with E-state index in [-0.39, 0.29) is 33.7 Å². The Morgan fingerprint density at radius 3 is 2.12 bits per heavy atom. The number of amides is 1. The van der Waals surface area contributed by atoms with Crippen molar-refractivity contribution in [3.05, 3.63) is 112 Å².